The molecule has 7 nitrogen and oxygen atoms in total. The smallest absolute Gasteiger partial charge is 0.270 e. The van der Waals surface area contributed by atoms with Gasteiger partial charge in [0.1, 0.15) is 11.4 Å². The van der Waals surface area contributed by atoms with Crippen LogP contribution in [-0.4, -0.2) is 27.2 Å². The number of carbonyl (C=O) groups excluding carboxylic acids is 1. The van der Waals surface area contributed by atoms with Gasteiger partial charge in [0.2, 0.25) is 5.91 Å². The summed E-state index contributed by atoms with van der Waals surface area (Å²) in [5.41, 5.74) is 4.51. The molecule has 0 fully saturated rings. The van der Waals surface area contributed by atoms with Crippen molar-refractivity contribution >= 4 is 23.2 Å². The van der Waals surface area contributed by atoms with E-state index < -0.39 is 0 Å². The molecule has 3 aromatic rings. The lowest BCUT2D eigenvalue weighted by Crippen LogP contribution is -2.21. The number of nitrogens with one attached hydrogen (secondary N) is 2. The first-order chi connectivity index (χ1) is 12.1. The molecule has 3 N–H and O–H groups in total. The maximum Gasteiger partial charge on any atom is 0.270 e. The molecule has 0 saturated carbocycles. The number of phenolic OH excluding ortho intramolecular Hbond substituents is 1. The van der Waals surface area contributed by atoms with Crippen LogP contribution >= 0.6 is 0 Å². The van der Waals surface area contributed by atoms with Crippen LogP contribution in [0.4, 0.5) is 0 Å². The second-order valence-corrected chi connectivity index (χ2v) is 5.41. The van der Waals surface area contributed by atoms with E-state index >= 15 is 0 Å². The number of aryl methyl sites for hydroxylation is 1. The van der Waals surface area contributed by atoms with E-state index in [0.717, 1.165) is 5.56 Å². The van der Waals surface area contributed by atoms with E-state index in [1.54, 1.807) is 24.3 Å². The number of hydrazone groups is 1. The molecular formula is C18H16N4O3. The van der Waals surface area contributed by atoms with Crippen molar-refractivity contribution in [1.82, 2.24) is 15.4 Å². The molecule has 1 aromatic heterocycles. The zero-order valence-electron chi connectivity index (χ0n) is 13.3. The summed E-state index contributed by atoms with van der Waals surface area (Å²) in [4.78, 5) is 30.9. The van der Waals surface area contributed by atoms with Gasteiger partial charge < -0.3 is 10.1 Å². The number of amides is 1. The summed E-state index contributed by atoms with van der Waals surface area (Å²) >= 11 is 0. The van der Waals surface area contributed by atoms with Crippen molar-refractivity contribution in [3.63, 3.8) is 0 Å². The third-order valence-electron chi connectivity index (χ3n) is 3.55. The van der Waals surface area contributed by atoms with Crippen molar-refractivity contribution in [2.45, 2.75) is 12.8 Å². The summed E-state index contributed by atoms with van der Waals surface area (Å²) < 4.78 is 0. The first kappa shape index (κ1) is 16.4. The van der Waals surface area contributed by atoms with Crippen molar-refractivity contribution < 1.29 is 9.90 Å². The summed E-state index contributed by atoms with van der Waals surface area (Å²) in [6, 6.07) is 13.6. The fourth-order valence-corrected chi connectivity index (χ4v) is 2.26. The summed E-state index contributed by atoms with van der Waals surface area (Å²) in [5, 5.41) is 13.0. The first-order valence-electron chi connectivity index (χ1n) is 7.71. The Labute approximate surface area is 143 Å². The lowest BCUT2D eigenvalue weighted by atomic mass is 10.2. The number of hydrogen-bond donors (Lipinski definition) is 3. The molecule has 0 radical (unpaired) electrons. The average molecular weight is 336 g/mol. The van der Waals surface area contributed by atoms with Crippen LogP contribution in [0.5, 0.6) is 5.75 Å². The van der Waals surface area contributed by atoms with E-state index in [0.29, 0.717) is 16.7 Å². The van der Waals surface area contributed by atoms with Gasteiger partial charge in [-0.15, -0.1) is 0 Å². The standard InChI is InChI=1S/C18H16N4O3/c23-13-7-5-12(6-8-13)11-19-22-17(24)10-9-16-18(25)21-15-4-2-1-3-14(15)20-16/h1-8,11,23H,9-10H2,(H,21,25)(H,22,24)/b19-11+. The van der Waals surface area contributed by atoms with Crippen LogP contribution in [0.1, 0.15) is 17.7 Å². The fourth-order valence-electron chi connectivity index (χ4n) is 2.26. The van der Waals surface area contributed by atoms with Crippen LogP contribution in [0.15, 0.2) is 58.4 Å². The third kappa shape index (κ3) is 4.29. The molecule has 0 aliphatic heterocycles. The molecule has 2 aromatic carbocycles. The molecule has 0 spiro atoms. The Morgan fingerprint density at radius 3 is 2.76 bits per heavy atom. The highest BCUT2D eigenvalue weighted by atomic mass is 16.3. The minimum atomic E-state index is -0.315. The predicted molar refractivity (Wildman–Crippen MR) is 94.5 cm³/mol. The lowest BCUT2D eigenvalue weighted by molar-refractivity contribution is -0.121. The number of H-pyrrole nitrogens is 1. The van der Waals surface area contributed by atoms with E-state index in [-0.39, 0.29) is 30.1 Å². The fraction of sp³-hybridized carbons (Fsp3) is 0.111. The molecule has 126 valence electrons. The van der Waals surface area contributed by atoms with Gasteiger partial charge in [-0.1, -0.05) is 12.1 Å². The molecule has 7 heteroatoms. The topological polar surface area (TPSA) is 107 Å². The zero-order valence-corrected chi connectivity index (χ0v) is 13.3. The molecular weight excluding hydrogens is 320 g/mol. The maximum atomic E-state index is 12.0. The molecule has 1 heterocycles. The van der Waals surface area contributed by atoms with Gasteiger partial charge in [-0.05, 0) is 42.0 Å². The Morgan fingerprint density at radius 2 is 1.96 bits per heavy atom. The van der Waals surface area contributed by atoms with E-state index in [9.17, 15) is 14.7 Å². The van der Waals surface area contributed by atoms with Gasteiger partial charge >= 0.3 is 0 Å². The second-order valence-electron chi connectivity index (χ2n) is 5.41. The second kappa shape index (κ2) is 7.39. The van der Waals surface area contributed by atoms with Crippen molar-refractivity contribution in [1.29, 1.82) is 0 Å². The summed E-state index contributed by atoms with van der Waals surface area (Å²) in [5.74, 6) is -0.154. The van der Waals surface area contributed by atoms with Crippen molar-refractivity contribution in [2.24, 2.45) is 5.10 Å². The molecule has 1 amide bonds. The van der Waals surface area contributed by atoms with Crippen molar-refractivity contribution in [3.8, 4) is 5.75 Å². The number of aromatic hydroxyl groups is 1. The molecule has 0 aliphatic rings. The summed E-state index contributed by atoms with van der Waals surface area (Å²) in [6.45, 7) is 0. The minimum absolute atomic E-state index is 0.0985. The van der Waals surface area contributed by atoms with Gasteiger partial charge in [0, 0.05) is 12.8 Å². The highest BCUT2D eigenvalue weighted by molar-refractivity contribution is 5.82. The van der Waals surface area contributed by atoms with Gasteiger partial charge in [-0.25, -0.2) is 10.4 Å². The molecule has 0 aliphatic carbocycles. The quantitative estimate of drug-likeness (QED) is 0.487. The lowest BCUT2D eigenvalue weighted by Gasteiger charge is -2.02. The Balaban J connectivity index is 1.58. The Hall–Kier alpha value is -3.48. The normalized spacial score (nSPS) is 11.0. The van der Waals surface area contributed by atoms with E-state index in [2.05, 4.69) is 20.5 Å². The minimum Gasteiger partial charge on any atom is -0.508 e. The number of rotatable bonds is 5. The van der Waals surface area contributed by atoms with E-state index in [1.807, 2.05) is 12.1 Å². The molecule has 0 saturated heterocycles. The van der Waals surface area contributed by atoms with Crippen molar-refractivity contribution in [3.05, 3.63) is 70.1 Å². The third-order valence-corrected chi connectivity index (χ3v) is 3.55. The highest BCUT2D eigenvalue weighted by Gasteiger charge is 2.07. The van der Waals surface area contributed by atoms with Crippen LogP contribution in [0.3, 0.4) is 0 Å². The Morgan fingerprint density at radius 1 is 1.20 bits per heavy atom. The van der Waals surface area contributed by atoms with Gasteiger partial charge in [0.25, 0.3) is 5.56 Å². The Bertz CT molecular complexity index is 978. The highest BCUT2D eigenvalue weighted by Crippen LogP contribution is 2.08. The molecule has 25 heavy (non-hydrogen) atoms. The van der Waals surface area contributed by atoms with Crippen LogP contribution in [0.25, 0.3) is 11.0 Å². The number of aromatic amines is 1. The monoisotopic (exact) mass is 336 g/mol. The molecule has 3 rings (SSSR count). The maximum absolute atomic E-state index is 12.0. The summed E-state index contributed by atoms with van der Waals surface area (Å²) in [7, 11) is 0. The molecule has 0 unspecified atom stereocenters. The van der Waals surface area contributed by atoms with Gasteiger partial charge in [0.15, 0.2) is 0 Å². The SMILES string of the molecule is O=C(CCc1nc2ccccc2[nH]c1=O)N/N=C/c1ccc(O)cc1. The van der Waals surface area contributed by atoms with Crippen LogP contribution in [0.2, 0.25) is 0 Å². The molecule has 0 bridgehead atoms. The van der Waals surface area contributed by atoms with E-state index in [1.165, 1.54) is 18.3 Å². The predicted octanol–water partition coefficient (Wildman–Crippen LogP) is 1.71. The number of phenols is 1. The van der Waals surface area contributed by atoms with Gasteiger partial charge in [-0.3, -0.25) is 9.59 Å². The number of hydrogen-bond acceptors (Lipinski definition) is 5. The number of para-hydroxylation sites is 2. The van der Waals surface area contributed by atoms with Crippen LogP contribution < -0.4 is 11.0 Å². The number of fused-ring (bicyclic) bond motifs is 1. The molecule has 0 atom stereocenters. The number of carbonyl (C=O) groups is 1. The van der Waals surface area contributed by atoms with Gasteiger partial charge in [0.05, 0.1) is 17.2 Å². The van der Waals surface area contributed by atoms with Crippen LogP contribution in [0, 0.1) is 0 Å². The van der Waals surface area contributed by atoms with Crippen LogP contribution in [-0.2, 0) is 11.2 Å². The first-order valence-corrected chi connectivity index (χ1v) is 7.71. The average Bonchev–Trinajstić information content (AvgIpc) is 2.61. The number of nitrogens with zero attached hydrogens (tertiary/aromatic N) is 2. The Kier molecular flexibility index (Phi) is 4.84. The van der Waals surface area contributed by atoms with Gasteiger partial charge in [-0.2, -0.15) is 5.10 Å². The van der Waals surface area contributed by atoms with E-state index in [4.69, 9.17) is 0 Å². The number of benzene rings is 2. The summed E-state index contributed by atoms with van der Waals surface area (Å²) in [6.07, 6.45) is 1.79. The zero-order chi connectivity index (χ0) is 17.6. The van der Waals surface area contributed by atoms with Crippen molar-refractivity contribution in [2.75, 3.05) is 0 Å². The largest absolute Gasteiger partial charge is 0.508 e. The number of aromatic nitrogens is 2.